The predicted molar refractivity (Wildman–Crippen MR) is 75.3 cm³/mol. The van der Waals surface area contributed by atoms with Crippen molar-refractivity contribution in [1.82, 2.24) is 5.32 Å². The van der Waals surface area contributed by atoms with Crippen LogP contribution in [0.15, 0.2) is 30.9 Å². The lowest BCUT2D eigenvalue weighted by molar-refractivity contribution is 0.311. The molecule has 0 aromatic heterocycles. The second-order valence-corrected chi connectivity index (χ2v) is 4.00. The van der Waals surface area contributed by atoms with E-state index in [1.807, 2.05) is 18.2 Å². The van der Waals surface area contributed by atoms with E-state index in [0.29, 0.717) is 6.61 Å². The van der Waals surface area contributed by atoms with E-state index in [2.05, 4.69) is 25.7 Å². The summed E-state index contributed by atoms with van der Waals surface area (Å²) in [4.78, 5) is 0. The average Bonchev–Trinajstić information content (AvgIpc) is 2.41. The Morgan fingerprint density at radius 2 is 2.11 bits per heavy atom. The lowest BCUT2D eigenvalue weighted by Gasteiger charge is -2.13. The molecule has 0 atom stereocenters. The molecule has 0 bridgehead atoms. The third kappa shape index (κ3) is 4.80. The first-order valence-electron chi connectivity index (χ1n) is 6.52. The van der Waals surface area contributed by atoms with E-state index in [1.165, 1.54) is 0 Å². The van der Waals surface area contributed by atoms with Crippen LogP contribution in [0.2, 0.25) is 0 Å². The number of hydrogen-bond donors (Lipinski definition) is 1. The number of benzene rings is 1. The minimum atomic E-state index is 0.510. The first-order valence-corrected chi connectivity index (χ1v) is 6.52. The lowest BCUT2D eigenvalue weighted by Crippen LogP contribution is -2.13. The van der Waals surface area contributed by atoms with Crippen molar-refractivity contribution in [1.29, 1.82) is 0 Å². The first-order chi connectivity index (χ1) is 8.81. The van der Waals surface area contributed by atoms with Gasteiger partial charge < -0.3 is 14.8 Å². The Labute approximate surface area is 110 Å². The Morgan fingerprint density at radius 3 is 2.78 bits per heavy atom. The van der Waals surface area contributed by atoms with E-state index in [9.17, 15) is 0 Å². The van der Waals surface area contributed by atoms with Crippen molar-refractivity contribution in [3.63, 3.8) is 0 Å². The highest BCUT2D eigenvalue weighted by Gasteiger charge is 2.05. The number of hydrogen-bond acceptors (Lipinski definition) is 3. The molecule has 0 heterocycles. The summed E-state index contributed by atoms with van der Waals surface area (Å²) in [5.41, 5.74) is 1.14. The largest absolute Gasteiger partial charge is 0.493 e. The van der Waals surface area contributed by atoms with E-state index in [1.54, 1.807) is 6.08 Å². The van der Waals surface area contributed by atoms with E-state index >= 15 is 0 Å². The van der Waals surface area contributed by atoms with Gasteiger partial charge in [-0.1, -0.05) is 32.6 Å². The van der Waals surface area contributed by atoms with Gasteiger partial charge in [0.05, 0.1) is 6.61 Å². The van der Waals surface area contributed by atoms with Gasteiger partial charge in [-0.15, -0.1) is 0 Å². The molecule has 100 valence electrons. The minimum Gasteiger partial charge on any atom is -0.493 e. The summed E-state index contributed by atoms with van der Waals surface area (Å²) >= 11 is 0. The van der Waals surface area contributed by atoms with Crippen LogP contribution >= 0.6 is 0 Å². The second kappa shape index (κ2) is 8.59. The van der Waals surface area contributed by atoms with Crippen molar-refractivity contribution in [2.24, 2.45) is 0 Å². The summed E-state index contributed by atoms with van der Waals surface area (Å²) in [5, 5.41) is 3.30. The van der Waals surface area contributed by atoms with Crippen LogP contribution in [0, 0.1) is 0 Å². The number of nitrogens with one attached hydrogen (secondary N) is 1. The molecule has 0 unspecified atom stereocenters. The van der Waals surface area contributed by atoms with Crippen molar-refractivity contribution < 1.29 is 9.47 Å². The number of rotatable bonds is 9. The maximum atomic E-state index is 5.67. The molecule has 0 radical (unpaired) electrons. The van der Waals surface area contributed by atoms with Gasteiger partial charge in [0.25, 0.3) is 0 Å². The quantitative estimate of drug-likeness (QED) is 0.682. The zero-order valence-corrected chi connectivity index (χ0v) is 11.4. The van der Waals surface area contributed by atoms with Crippen LogP contribution in [-0.4, -0.2) is 19.8 Å². The molecule has 18 heavy (non-hydrogen) atoms. The van der Waals surface area contributed by atoms with Crippen LogP contribution in [0.4, 0.5) is 0 Å². The topological polar surface area (TPSA) is 30.5 Å². The molecular weight excluding hydrogens is 226 g/mol. The summed E-state index contributed by atoms with van der Waals surface area (Å²) in [6, 6.07) is 5.99. The van der Waals surface area contributed by atoms with Crippen molar-refractivity contribution >= 4 is 0 Å². The molecule has 0 aliphatic carbocycles. The molecule has 0 fully saturated rings. The van der Waals surface area contributed by atoms with Crippen LogP contribution in [0.5, 0.6) is 11.5 Å². The third-order valence-corrected chi connectivity index (χ3v) is 2.43. The van der Waals surface area contributed by atoms with Gasteiger partial charge in [0.1, 0.15) is 18.1 Å². The Kier molecular flexibility index (Phi) is 6.96. The van der Waals surface area contributed by atoms with Crippen LogP contribution < -0.4 is 14.8 Å². The van der Waals surface area contributed by atoms with E-state index in [-0.39, 0.29) is 0 Å². The van der Waals surface area contributed by atoms with E-state index in [4.69, 9.17) is 9.47 Å². The molecule has 0 amide bonds. The molecule has 1 aromatic rings. The van der Waals surface area contributed by atoms with Gasteiger partial charge >= 0.3 is 0 Å². The number of ether oxygens (including phenoxy) is 2. The average molecular weight is 249 g/mol. The second-order valence-electron chi connectivity index (χ2n) is 4.00. The van der Waals surface area contributed by atoms with Crippen LogP contribution in [0.25, 0.3) is 0 Å². The fourth-order valence-electron chi connectivity index (χ4n) is 1.53. The fraction of sp³-hybridized carbons (Fsp3) is 0.467. The maximum absolute atomic E-state index is 5.67. The standard InChI is InChI=1S/C15H23NO2/c1-4-9-17-14-8-7-13(12-16-6-3)15(11-14)18-10-5-2/h5,7-8,11,16H,2,4,6,9-10,12H2,1,3H3. The van der Waals surface area contributed by atoms with Gasteiger partial charge in [0, 0.05) is 18.2 Å². The SMILES string of the molecule is C=CCOc1cc(OCCC)ccc1CNCC. The summed E-state index contributed by atoms with van der Waals surface area (Å²) in [6.45, 7) is 10.8. The Morgan fingerprint density at radius 1 is 1.28 bits per heavy atom. The highest BCUT2D eigenvalue weighted by Crippen LogP contribution is 2.25. The highest BCUT2D eigenvalue weighted by atomic mass is 16.5. The maximum Gasteiger partial charge on any atom is 0.127 e. The highest BCUT2D eigenvalue weighted by molar-refractivity contribution is 5.40. The van der Waals surface area contributed by atoms with E-state index < -0.39 is 0 Å². The van der Waals surface area contributed by atoms with Crippen LogP contribution in [0.3, 0.4) is 0 Å². The monoisotopic (exact) mass is 249 g/mol. The normalized spacial score (nSPS) is 10.1. The molecule has 0 saturated heterocycles. The van der Waals surface area contributed by atoms with Gasteiger partial charge in [0.2, 0.25) is 0 Å². The molecule has 0 spiro atoms. The van der Waals surface area contributed by atoms with Crippen molar-refractivity contribution in [2.45, 2.75) is 26.8 Å². The van der Waals surface area contributed by atoms with Crippen LogP contribution in [0.1, 0.15) is 25.8 Å². The predicted octanol–water partition coefficient (Wildman–Crippen LogP) is 3.15. The van der Waals surface area contributed by atoms with Gasteiger partial charge in [0.15, 0.2) is 0 Å². The van der Waals surface area contributed by atoms with Crippen molar-refractivity contribution in [3.05, 3.63) is 36.4 Å². The zero-order valence-electron chi connectivity index (χ0n) is 11.4. The molecule has 3 nitrogen and oxygen atoms in total. The summed E-state index contributed by atoms with van der Waals surface area (Å²) in [5.74, 6) is 1.72. The van der Waals surface area contributed by atoms with Gasteiger partial charge in [-0.2, -0.15) is 0 Å². The zero-order chi connectivity index (χ0) is 13.2. The molecule has 0 aliphatic rings. The van der Waals surface area contributed by atoms with Gasteiger partial charge in [-0.25, -0.2) is 0 Å². The summed E-state index contributed by atoms with van der Waals surface area (Å²) in [6.07, 6.45) is 2.75. The third-order valence-electron chi connectivity index (χ3n) is 2.43. The fourth-order valence-corrected chi connectivity index (χ4v) is 1.53. The molecule has 1 rings (SSSR count). The van der Waals surface area contributed by atoms with Gasteiger partial charge in [-0.3, -0.25) is 0 Å². The Balaban J connectivity index is 2.77. The Bertz CT molecular complexity index is 364. The van der Waals surface area contributed by atoms with E-state index in [0.717, 1.165) is 43.2 Å². The van der Waals surface area contributed by atoms with Crippen molar-refractivity contribution in [3.8, 4) is 11.5 Å². The Hall–Kier alpha value is -1.48. The first kappa shape index (κ1) is 14.6. The smallest absolute Gasteiger partial charge is 0.127 e. The molecule has 1 N–H and O–H groups in total. The molecule has 3 heteroatoms. The molecular formula is C15H23NO2. The minimum absolute atomic E-state index is 0.510. The van der Waals surface area contributed by atoms with Crippen molar-refractivity contribution in [2.75, 3.05) is 19.8 Å². The summed E-state index contributed by atoms with van der Waals surface area (Å²) in [7, 11) is 0. The van der Waals surface area contributed by atoms with Gasteiger partial charge in [-0.05, 0) is 19.0 Å². The van der Waals surface area contributed by atoms with Crippen LogP contribution in [-0.2, 0) is 6.54 Å². The molecule has 0 aliphatic heterocycles. The molecule has 1 aromatic carbocycles. The summed E-state index contributed by atoms with van der Waals surface area (Å²) < 4.78 is 11.3. The lowest BCUT2D eigenvalue weighted by atomic mass is 10.2. The molecule has 0 saturated carbocycles.